The summed E-state index contributed by atoms with van der Waals surface area (Å²) in [6.07, 6.45) is 0. The second-order valence-electron chi connectivity index (χ2n) is 8.36. The Morgan fingerprint density at radius 3 is 2.32 bits per heavy atom. The minimum atomic E-state index is -4.27. The van der Waals surface area contributed by atoms with Crippen molar-refractivity contribution < 1.29 is 27.1 Å². The van der Waals surface area contributed by atoms with Crippen molar-refractivity contribution in [1.82, 2.24) is 10.2 Å². The standard InChI is InChI=1S/C27H29ClFN3O5S/c1-4-30-27(34)19(2)31(17-20-10-13-22(29)14-11-20)26(33)18-32(24-16-21(28)12-15-25(24)37-3)38(35,36)23-8-6-5-7-9-23/h5-16,19H,4,17-18H2,1-3H3,(H,30,34)/t19-/m1/s1. The maximum absolute atomic E-state index is 13.8. The number of hydrogen-bond acceptors (Lipinski definition) is 5. The van der Waals surface area contributed by atoms with Crippen LogP contribution in [-0.4, -0.2) is 51.4 Å². The third-order valence-electron chi connectivity index (χ3n) is 5.80. The summed E-state index contributed by atoms with van der Waals surface area (Å²) in [4.78, 5) is 27.7. The van der Waals surface area contributed by atoms with Crippen LogP contribution in [0.4, 0.5) is 10.1 Å². The van der Waals surface area contributed by atoms with Crippen molar-refractivity contribution in [3.8, 4) is 5.75 Å². The average Bonchev–Trinajstić information content (AvgIpc) is 2.91. The Morgan fingerprint density at radius 2 is 1.71 bits per heavy atom. The second-order valence-corrected chi connectivity index (χ2v) is 10.7. The molecule has 0 aromatic heterocycles. The maximum Gasteiger partial charge on any atom is 0.264 e. The zero-order chi connectivity index (χ0) is 27.9. The smallest absolute Gasteiger partial charge is 0.264 e. The van der Waals surface area contributed by atoms with E-state index >= 15 is 0 Å². The van der Waals surface area contributed by atoms with Gasteiger partial charge in [0.05, 0.1) is 17.7 Å². The van der Waals surface area contributed by atoms with Crippen molar-refractivity contribution in [1.29, 1.82) is 0 Å². The molecule has 8 nitrogen and oxygen atoms in total. The maximum atomic E-state index is 13.8. The van der Waals surface area contributed by atoms with Crippen molar-refractivity contribution in [2.24, 2.45) is 0 Å². The highest BCUT2D eigenvalue weighted by molar-refractivity contribution is 7.92. The highest BCUT2D eigenvalue weighted by atomic mass is 35.5. The van der Waals surface area contributed by atoms with Crippen molar-refractivity contribution in [3.05, 3.63) is 89.2 Å². The fourth-order valence-electron chi connectivity index (χ4n) is 3.78. The number of sulfonamides is 1. The first-order chi connectivity index (χ1) is 18.1. The van der Waals surface area contributed by atoms with Gasteiger partial charge in [-0.15, -0.1) is 0 Å². The number of likely N-dealkylation sites (N-methyl/N-ethyl adjacent to an activating group) is 1. The molecule has 0 aliphatic heterocycles. The Hall–Kier alpha value is -3.63. The van der Waals surface area contributed by atoms with Gasteiger partial charge in [0.2, 0.25) is 11.8 Å². The molecule has 1 atom stereocenters. The van der Waals surface area contributed by atoms with Gasteiger partial charge in [0.25, 0.3) is 10.0 Å². The number of rotatable bonds is 11. The minimum absolute atomic E-state index is 0.0447. The van der Waals surface area contributed by atoms with Crippen LogP contribution in [0, 0.1) is 5.82 Å². The van der Waals surface area contributed by atoms with Gasteiger partial charge in [-0.05, 0) is 61.9 Å². The predicted molar refractivity (Wildman–Crippen MR) is 144 cm³/mol. The molecule has 3 aromatic rings. The lowest BCUT2D eigenvalue weighted by Crippen LogP contribution is -2.51. The number of nitrogens with zero attached hydrogens (tertiary/aromatic N) is 2. The van der Waals surface area contributed by atoms with Crippen molar-refractivity contribution in [3.63, 3.8) is 0 Å². The fraction of sp³-hybridized carbons (Fsp3) is 0.259. The van der Waals surface area contributed by atoms with E-state index in [0.717, 1.165) is 4.31 Å². The van der Waals surface area contributed by atoms with Crippen LogP contribution in [-0.2, 0) is 26.2 Å². The molecular weight excluding hydrogens is 533 g/mol. The van der Waals surface area contributed by atoms with Crippen LogP contribution in [0.1, 0.15) is 19.4 Å². The Labute approximate surface area is 227 Å². The normalized spacial score (nSPS) is 11.9. The van der Waals surface area contributed by atoms with E-state index in [1.807, 2.05) is 0 Å². The number of amides is 2. The van der Waals surface area contributed by atoms with Crippen LogP contribution in [0.3, 0.4) is 0 Å². The Morgan fingerprint density at radius 1 is 1.05 bits per heavy atom. The molecule has 0 aliphatic carbocycles. The van der Waals surface area contributed by atoms with Gasteiger partial charge in [-0.2, -0.15) is 0 Å². The minimum Gasteiger partial charge on any atom is -0.495 e. The molecule has 0 saturated carbocycles. The Balaban J connectivity index is 2.08. The molecule has 2 amide bonds. The molecular formula is C27H29ClFN3O5S. The summed E-state index contributed by atoms with van der Waals surface area (Å²) in [7, 11) is -2.89. The number of ether oxygens (including phenoxy) is 1. The first-order valence-corrected chi connectivity index (χ1v) is 13.6. The third kappa shape index (κ3) is 6.81. The van der Waals surface area contributed by atoms with Gasteiger partial charge in [0.1, 0.15) is 24.2 Å². The van der Waals surface area contributed by atoms with Gasteiger partial charge < -0.3 is 15.0 Å². The van der Waals surface area contributed by atoms with Gasteiger partial charge in [-0.3, -0.25) is 13.9 Å². The van der Waals surface area contributed by atoms with Crippen molar-refractivity contribution in [2.75, 3.05) is 24.5 Å². The topological polar surface area (TPSA) is 96.0 Å². The molecule has 0 unspecified atom stereocenters. The van der Waals surface area contributed by atoms with Gasteiger partial charge in [0.15, 0.2) is 0 Å². The number of nitrogens with one attached hydrogen (secondary N) is 1. The second kappa shape index (κ2) is 12.7. The van der Waals surface area contributed by atoms with E-state index in [1.54, 1.807) is 32.0 Å². The predicted octanol–water partition coefficient (Wildman–Crippen LogP) is 4.24. The lowest BCUT2D eigenvalue weighted by molar-refractivity contribution is -0.139. The highest BCUT2D eigenvalue weighted by Gasteiger charge is 2.33. The number of halogens is 2. The van der Waals surface area contributed by atoms with E-state index in [1.165, 1.54) is 66.6 Å². The van der Waals surface area contributed by atoms with Gasteiger partial charge in [-0.25, -0.2) is 12.8 Å². The van der Waals surface area contributed by atoms with E-state index in [0.29, 0.717) is 12.1 Å². The van der Waals surface area contributed by atoms with E-state index in [-0.39, 0.29) is 27.9 Å². The highest BCUT2D eigenvalue weighted by Crippen LogP contribution is 2.35. The summed E-state index contributed by atoms with van der Waals surface area (Å²) < 4.78 is 47.4. The van der Waals surface area contributed by atoms with E-state index in [9.17, 15) is 22.4 Å². The Kier molecular flexibility index (Phi) is 9.71. The quantitative estimate of drug-likeness (QED) is 0.378. The number of carbonyl (C=O) groups is 2. The molecule has 11 heteroatoms. The summed E-state index contributed by atoms with van der Waals surface area (Å²) in [6, 6.07) is 16.6. The largest absolute Gasteiger partial charge is 0.495 e. The molecule has 0 saturated heterocycles. The zero-order valence-corrected chi connectivity index (χ0v) is 22.8. The van der Waals surface area contributed by atoms with Crippen LogP contribution in [0.5, 0.6) is 5.75 Å². The average molecular weight is 562 g/mol. The lowest BCUT2D eigenvalue weighted by atomic mass is 10.1. The summed E-state index contributed by atoms with van der Waals surface area (Å²) >= 11 is 6.20. The molecule has 1 N–H and O–H groups in total. The zero-order valence-electron chi connectivity index (χ0n) is 21.2. The van der Waals surface area contributed by atoms with E-state index < -0.39 is 40.2 Å². The summed E-state index contributed by atoms with van der Waals surface area (Å²) in [5.41, 5.74) is 0.623. The molecule has 0 aliphatic rings. The van der Waals surface area contributed by atoms with Crippen LogP contribution in [0.2, 0.25) is 5.02 Å². The molecule has 3 aromatic carbocycles. The van der Waals surface area contributed by atoms with Gasteiger partial charge in [0, 0.05) is 18.1 Å². The molecule has 0 fully saturated rings. The first kappa shape index (κ1) is 28.9. The van der Waals surface area contributed by atoms with E-state index in [2.05, 4.69) is 5.32 Å². The van der Waals surface area contributed by atoms with Gasteiger partial charge in [-0.1, -0.05) is 41.9 Å². The fourth-order valence-corrected chi connectivity index (χ4v) is 5.39. The number of benzene rings is 3. The third-order valence-corrected chi connectivity index (χ3v) is 7.81. The molecule has 202 valence electrons. The number of methoxy groups -OCH3 is 1. The molecule has 0 heterocycles. The molecule has 0 radical (unpaired) electrons. The molecule has 0 spiro atoms. The summed E-state index contributed by atoms with van der Waals surface area (Å²) in [6.45, 7) is 2.93. The molecule has 3 rings (SSSR count). The van der Waals surface area contributed by atoms with Crippen LogP contribution in [0.15, 0.2) is 77.7 Å². The lowest BCUT2D eigenvalue weighted by Gasteiger charge is -2.32. The van der Waals surface area contributed by atoms with E-state index in [4.69, 9.17) is 16.3 Å². The number of hydrogen-bond donors (Lipinski definition) is 1. The van der Waals surface area contributed by atoms with Crippen molar-refractivity contribution >= 4 is 39.1 Å². The number of anilines is 1. The monoisotopic (exact) mass is 561 g/mol. The van der Waals surface area contributed by atoms with Crippen LogP contribution < -0.4 is 14.4 Å². The van der Waals surface area contributed by atoms with Crippen LogP contribution in [0.25, 0.3) is 0 Å². The summed E-state index contributed by atoms with van der Waals surface area (Å²) in [5.74, 6) is -1.34. The molecule has 38 heavy (non-hydrogen) atoms. The van der Waals surface area contributed by atoms with Crippen LogP contribution >= 0.6 is 11.6 Å². The first-order valence-electron chi connectivity index (χ1n) is 11.8. The van der Waals surface area contributed by atoms with Gasteiger partial charge >= 0.3 is 0 Å². The number of carbonyl (C=O) groups excluding carboxylic acids is 2. The molecule has 0 bridgehead atoms. The van der Waals surface area contributed by atoms with Crippen molar-refractivity contribution in [2.45, 2.75) is 31.3 Å². The summed E-state index contributed by atoms with van der Waals surface area (Å²) in [5, 5.41) is 2.92. The Bertz CT molecular complexity index is 1370. The SMILES string of the molecule is CCNC(=O)[C@@H](C)N(Cc1ccc(F)cc1)C(=O)CN(c1cc(Cl)ccc1OC)S(=O)(=O)c1ccccc1.